The number of ether oxygens (including phenoxy) is 1. The number of amides is 1. The highest BCUT2D eigenvalue weighted by molar-refractivity contribution is 7.90. The number of benzene rings is 1. The lowest BCUT2D eigenvalue weighted by molar-refractivity contribution is -0.118. The minimum atomic E-state index is -3.43. The minimum absolute atomic E-state index is 0.0781. The average molecular weight is 477 g/mol. The first-order valence-electron chi connectivity index (χ1n) is 11.2. The quantitative estimate of drug-likeness (QED) is 0.586. The molecular formula is C24H29ClN2O4S. The van der Waals surface area contributed by atoms with Crippen LogP contribution in [0.2, 0.25) is 5.02 Å². The van der Waals surface area contributed by atoms with Crippen LogP contribution in [0, 0.1) is 5.92 Å². The van der Waals surface area contributed by atoms with Gasteiger partial charge in [-0.25, -0.2) is 13.4 Å². The zero-order valence-electron chi connectivity index (χ0n) is 18.2. The molecule has 1 N–H and O–H groups in total. The first kappa shape index (κ1) is 23.2. The van der Waals surface area contributed by atoms with Crippen molar-refractivity contribution in [2.24, 2.45) is 5.92 Å². The summed E-state index contributed by atoms with van der Waals surface area (Å²) in [4.78, 5) is 17.8. The fourth-order valence-corrected chi connectivity index (χ4v) is 6.07. The van der Waals surface area contributed by atoms with Gasteiger partial charge in [0.2, 0.25) is 5.91 Å². The van der Waals surface area contributed by atoms with Crippen molar-refractivity contribution in [3.05, 3.63) is 52.7 Å². The Morgan fingerprint density at radius 1 is 1.19 bits per heavy atom. The van der Waals surface area contributed by atoms with Gasteiger partial charge in [-0.05, 0) is 54.5 Å². The summed E-state index contributed by atoms with van der Waals surface area (Å²) < 4.78 is 29.6. The highest BCUT2D eigenvalue weighted by Gasteiger charge is 2.28. The Balaban J connectivity index is 1.54. The highest BCUT2D eigenvalue weighted by atomic mass is 35.5. The van der Waals surface area contributed by atoms with Crippen molar-refractivity contribution in [2.45, 2.75) is 61.9 Å². The number of pyridine rings is 1. The maximum Gasteiger partial charge on any atom is 0.233 e. The molecular weight excluding hydrogens is 448 g/mol. The Morgan fingerprint density at radius 2 is 1.97 bits per heavy atom. The molecule has 1 amide bonds. The third kappa shape index (κ3) is 5.50. The third-order valence-electron chi connectivity index (χ3n) is 6.46. The molecule has 8 heteroatoms. The maximum absolute atomic E-state index is 13.3. The number of carbonyl (C=O) groups excluding carboxylic acids is 1. The molecule has 1 saturated carbocycles. The van der Waals surface area contributed by atoms with E-state index >= 15 is 0 Å². The van der Waals surface area contributed by atoms with Crippen molar-refractivity contribution in [3.8, 4) is 0 Å². The van der Waals surface area contributed by atoms with E-state index < -0.39 is 15.8 Å². The lowest BCUT2D eigenvalue weighted by Crippen LogP contribution is -2.24. The summed E-state index contributed by atoms with van der Waals surface area (Å²) >= 11 is 6.28. The first-order valence-corrected chi connectivity index (χ1v) is 13.5. The van der Waals surface area contributed by atoms with E-state index in [-0.39, 0.29) is 21.9 Å². The largest absolute Gasteiger partial charge is 0.373 e. The number of hydrogen-bond donors (Lipinski definition) is 1. The fourth-order valence-electron chi connectivity index (χ4n) is 4.73. The summed E-state index contributed by atoms with van der Waals surface area (Å²) in [5.41, 5.74) is 1.74. The number of aromatic nitrogens is 1. The molecule has 2 atom stereocenters. The van der Waals surface area contributed by atoms with E-state index in [0.717, 1.165) is 49.7 Å². The number of nitrogens with zero attached hydrogens (tertiary/aromatic N) is 1. The van der Waals surface area contributed by atoms with Crippen molar-refractivity contribution in [1.29, 1.82) is 0 Å². The van der Waals surface area contributed by atoms with E-state index in [1.807, 2.05) is 6.07 Å². The van der Waals surface area contributed by atoms with Crippen LogP contribution in [0.4, 0.5) is 5.82 Å². The average Bonchev–Trinajstić information content (AvgIpc) is 3.46. The summed E-state index contributed by atoms with van der Waals surface area (Å²) in [6, 6.07) is 8.57. The molecule has 1 aromatic carbocycles. The lowest BCUT2D eigenvalue weighted by Gasteiger charge is -2.21. The normalized spacial score (nSPS) is 20.4. The third-order valence-corrected chi connectivity index (χ3v) is 8.04. The van der Waals surface area contributed by atoms with Crippen LogP contribution in [0.5, 0.6) is 0 Å². The number of hydrogen-bond acceptors (Lipinski definition) is 5. The predicted molar refractivity (Wildman–Crippen MR) is 125 cm³/mol. The minimum Gasteiger partial charge on any atom is -0.373 e. The van der Waals surface area contributed by atoms with Crippen molar-refractivity contribution < 1.29 is 17.9 Å². The van der Waals surface area contributed by atoms with Gasteiger partial charge < -0.3 is 10.1 Å². The van der Waals surface area contributed by atoms with Gasteiger partial charge in [0.15, 0.2) is 9.84 Å². The Bertz CT molecular complexity index is 1060. The molecule has 6 nitrogen and oxygen atoms in total. The van der Waals surface area contributed by atoms with Gasteiger partial charge in [-0.15, -0.1) is 0 Å². The Hall–Kier alpha value is -1.96. The van der Waals surface area contributed by atoms with Crippen LogP contribution < -0.4 is 5.32 Å². The Morgan fingerprint density at radius 3 is 2.56 bits per heavy atom. The van der Waals surface area contributed by atoms with Crippen LogP contribution in [0.15, 0.2) is 41.4 Å². The number of anilines is 1. The molecule has 1 aliphatic heterocycles. The molecule has 4 rings (SSSR count). The maximum atomic E-state index is 13.3. The summed E-state index contributed by atoms with van der Waals surface area (Å²) in [6.07, 6.45) is 10.3. The monoisotopic (exact) mass is 476 g/mol. The van der Waals surface area contributed by atoms with E-state index in [9.17, 15) is 13.2 Å². The van der Waals surface area contributed by atoms with E-state index in [2.05, 4.69) is 10.3 Å². The van der Waals surface area contributed by atoms with Gasteiger partial charge in [0.25, 0.3) is 0 Å². The number of carbonyl (C=O) groups is 1. The zero-order valence-corrected chi connectivity index (χ0v) is 19.8. The molecule has 2 aliphatic rings. The predicted octanol–water partition coefficient (Wildman–Crippen LogP) is 5.29. The molecule has 32 heavy (non-hydrogen) atoms. The molecule has 0 bridgehead atoms. The van der Waals surface area contributed by atoms with Gasteiger partial charge in [0, 0.05) is 19.1 Å². The second kappa shape index (κ2) is 9.89. The molecule has 172 valence electrons. The number of nitrogens with one attached hydrogen (secondary N) is 1. The molecule has 0 radical (unpaired) electrons. The summed E-state index contributed by atoms with van der Waals surface area (Å²) in [6.45, 7) is 0.771. The van der Waals surface area contributed by atoms with Gasteiger partial charge in [-0.1, -0.05) is 49.4 Å². The van der Waals surface area contributed by atoms with Crippen LogP contribution in [0.25, 0.3) is 0 Å². The van der Waals surface area contributed by atoms with Crippen molar-refractivity contribution in [1.82, 2.24) is 4.98 Å². The van der Waals surface area contributed by atoms with Gasteiger partial charge in [-0.2, -0.15) is 0 Å². The Labute approximate surface area is 194 Å². The van der Waals surface area contributed by atoms with Crippen LogP contribution in [0.1, 0.15) is 68.1 Å². The Kier molecular flexibility index (Phi) is 7.17. The second-order valence-electron chi connectivity index (χ2n) is 8.87. The topological polar surface area (TPSA) is 85.4 Å². The molecule has 1 aliphatic carbocycles. The second-order valence-corrected chi connectivity index (χ2v) is 11.3. The van der Waals surface area contributed by atoms with Gasteiger partial charge >= 0.3 is 0 Å². The van der Waals surface area contributed by atoms with Crippen molar-refractivity contribution in [2.75, 3.05) is 18.2 Å². The smallest absolute Gasteiger partial charge is 0.233 e. The van der Waals surface area contributed by atoms with Crippen LogP contribution >= 0.6 is 11.6 Å². The van der Waals surface area contributed by atoms with E-state index in [4.69, 9.17) is 16.3 Å². The molecule has 2 fully saturated rings. The van der Waals surface area contributed by atoms with E-state index in [1.165, 1.54) is 18.9 Å². The number of halogens is 1. The van der Waals surface area contributed by atoms with E-state index in [0.29, 0.717) is 18.2 Å². The van der Waals surface area contributed by atoms with Gasteiger partial charge in [-0.3, -0.25) is 4.79 Å². The summed E-state index contributed by atoms with van der Waals surface area (Å²) in [5, 5.41) is 3.09. The van der Waals surface area contributed by atoms with Crippen LogP contribution in [0.3, 0.4) is 0 Å². The molecule has 2 aromatic rings. The zero-order chi connectivity index (χ0) is 22.7. The molecule has 2 unspecified atom stereocenters. The van der Waals surface area contributed by atoms with Crippen LogP contribution in [-0.4, -0.2) is 32.2 Å². The summed E-state index contributed by atoms with van der Waals surface area (Å²) in [7, 11) is -3.43. The SMILES string of the molecule is CS(=O)(=O)c1ccc(C(CC2CCCC2)C(=O)Nc2ccc(C3CCCO3)cn2)cc1Cl. The molecule has 1 aromatic heterocycles. The number of sulfone groups is 1. The lowest BCUT2D eigenvalue weighted by atomic mass is 9.87. The molecule has 2 heterocycles. The molecule has 1 saturated heterocycles. The summed E-state index contributed by atoms with van der Waals surface area (Å²) in [5.74, 6) is 0.377. The highest BCUT2D eigenvalue weighted by Crippen LogP contribution is 2.36. The number of rotatable bonds is 7. The van der Waals surface area contributed by atoms with E-state index in [1.54, 1.807) is 24.4 Å². The fraction of sp³-hybridized carbons (Fsp3) is 0.500. The standard InChI is InChI=1S/C24H29ClN2O4S/c1-32(29,30)22-10-8-17(14-20(22)25)19(13-16-5-2-3-6-16)24(28)27-23-11-9-18(15-26-23)21-7-4-12-31-21/h8-11,14-16,19,21H,2-7,12-13H2,1H3,(H,26,27,28). The molecule has 0 spiro atoms. The van der Waals surface area contributed by atoms with Crippen LogP contribution in [-0.2, 0) is 19.4 Å². The van der Waals surface area contributed by atoms with Crippen molar-refractivity contribution in [3.63, 3.8) is 0 Å². The van der Waals surface area contributed by atoms with Gasteiger partial charge in [0.05, 0.1) is 21.9 Å². The first-order chi connectivity index (χ1) is 15.3. The van der Waals surface area contributed by atoms with Gasteiger partial charge in [0.1, 0.15) is 5.82 Å². The van der Waals surface area contributed by atoms with Crippen molar-refractivity contribution >= 4 is 33.2 Å².